The Morgan fingerprint density at radius 3 is 1.66 bits per heavy atom. The second-order valence-corrected chi connectivity index (χ2v) is 11.2. The zero-order valence-corrected chi connectivity index (χ0v) is 27.0. The molecule has 16 N–H and O–H groups in total. The van der Waals surface area contributed by atoms with Gasteiger partial charge < -0.3 is 69.6 Å². The predicted molar refractivity (Wildman–Crippen MR) is 167 cm³/mol. The normalized spacial score (nSPS) is 16.1. The number of aliphatic hydroxyl groups excluding tert-OH is 3. The minimum atomic E-state index is -1.77. The Hall–Kier alpha value is -4.40. The van der Waals surface area contributed by atoms with Crippen molar-refractivity contribution in [1.29, 1.82) is 0 Å². The van der Waals surface area contributed by atoms with E-state index in [2.05, 4.69) is 31.6 Å². The number of hydrogen-bond acceptors (Lipinski definition) is 12. The summed E-state index contributed by atoms with van der Waals surface area (Å²) < 4.78 is 0. The van der Waals surface area contributed by atoms with Gasteiger partial charge in [-0.1, -0.05) is 13.8 Å². The van der Waals surface area contributed by atoms with Crippen LogP contribution in [-0.4, -0.2) is 125 Å². The van der Waals surface area contributed by atoms with Crippen molar-refractivity contribution in [3.63, 3.8) is 0 Å². The van der Waals surface area contributed by atoms with E-state index in [0.29, 0.717) is 6.29 Å². The van der Waals surface area contributed by atoms with Gasteiger partial charge in [-0.2, -0.15) is 0 Å². The van der Waals surface area contributed by atoms with Gasteiger partial charge >= 0.3 is 0 Å². The molecule has 0 aromatic carbocycles. The molecule has 0 heterocycles. The Balaban J connectivity index is 5.80. The summed E-state index contributed by atoms with van der Waals surface area (Å²) in [5.41, 5.74) is 21.6. The number of carbonyl (C=O) groups is 7. The lowest BCUT2D eigenvalue weighted by Crippen LogP contribution is -2.63. The summed E-state index contributed by atoms with van der Waals surface area (Å²) in [5, 5.41) is 41.6. The zero-order valence-electron chi connectivity index (χ0n) is 27.0. The van der Waals surface area contributed by atoms with Crippen LogP contribution < -0.4 is 49.5 Å². The molecule has 0 rings (SSSR count). The van der Waals surface area contributed by atoms with Crippen molar-refractivity contribution >= 4 is 47.7 Å². The van der Waals surface area contributed by atoms with Gasteiger partial charge in [-0.3, -0.25) is 33.8 Å². The van der Waals surface area contributed by atoms with Crippen molar-refractivity contribution in [2.45, 2.75) is 102 Å². The Morgan fingerprint density at radius 1 is 0.723 bits per heavy atom. The maximum absolute atomic E-state index is 13.2. The van der Waals surface area contributed by atoms with Crippen LogP contribution in [0.3, 0.4) is 0 Å². The van der Waals surface area contributed by atoms with Crippen molar-refractivity contribution in [1.82, 2.24) is 26.6 Å². The van der Waals surface area contributed by atoms with Crippen LogP contribution in [0.25, 0.3) is 0 Å². The molecule has 20 heteroatoms. The molecule has 0 bridgehead atoms. The van der Waals surface area contributed by atoms with Crippen LogP contribution in [0.5, 0.6) is 0 Å². The van der Waals surface area contributed by atoms with E-state index in [9.17, 15) is 48.9 Å². The summed E-state index contributed by atoms with van der Waals surface area (Å²) in [6.07, 6.45) is -2.95. The third-order valence-electron chi connectivity index (χ3n) is 6.73. The summed E-state index contributed by atoms with van der Waals surface area (Å²) in [7, 11) is 0. The van der Waals surface area contributed by atoms with Crippen molar-refractivity contribution < 1.29 is 48.9 Å². The van der Waals surface area contributed by atoms with E-state index in [1.165, 1.54) is 0 Å². The van der Waals surface area contributed by atoms with Gasteiger partial charge in [-0.25, -0.2) is 0 Å². The summed E-state index contributed by atoms with van der Waals surface area (Å²) >= 11 is 0. The number of aliphatic imine (C=N–C) groups is 1. The van der Waals surface area contributed by atoms with E-state index in [1.54, 1.807) is 13.8 Å². The third-order valence-corrected chi connectivity index (χ3v) is 6.73. The zero-order chi connectivity index (χ0) is 36.4. The molecule has 0 aliphatic heterocycles. The molecule has 0 fully saturated rings. The van der Waals surface area contributed by atoms with E-state index < -0.39 is 90.5 Å². The molecule has 47 heavy (non-hydrogen) atoms. The molecule has 0 aromatic heterocycles. The smallest absolute Gasteiger partial charge is 0.245 e. The van der Waals surface area contributed by atoms with Gasteiger partial charge in [0.25, 0.3) is 0 Å². The fourth-order valence-corrected chi connectivity index (χ4v) is 3.86. The van der Waals surface area contributed by atoms with Crippen LogP contribution in [0.4, 0.5) is 0 Å². The minimum absolute atomic E-state index is 0.00409. The molecule has 0 saturated heterocycles. The average Bonchev–Trinajstić information content (AvgIpc) is 2.98. The molecule has 0 aromatic rings. The van der Waals surface area contributed by atoms with Crippen LogP contribution in [0.2, 0.25) is 0 Å². The number of hydrogen-bond donors (Lipinski definition) is 12. The number of amides is 6. The third kappa shape index (κ3) is 16.1. The molecule has 0 aliphatic carbocycles. The van der Waals surface area contributed by atoms with Crippen LogP contribution in [0.15, 0.2) is 4.99 Å². The quantitative estimate of drug-likeness (QED) is 0.0220. The molecule has 0 saturated carbocycles. The highest BCUT2D eigenvalue weighted by Gasteiger charge is 2.35. The predicted octanol–water partition coefficient (Wildman–Crippen LogP) is -6.33. The Labute approximate surface area is 272 Å². The van der Waals surface area contributed by atoms with Gasteiger partial charge in [0, 0.05) is 13.0 Å². The number of nitrogens with one attached hydrogen (secondary N) is 5. The molecular weight excluding hydrogens is 624 g/mol. The fourth-order valence-electron chi connectivity index (χ4n) is 3.86. The summed E-state index contributed by atoms with van der Waals surface area (Å²) in [6.45, 7) is 4.84. The first-order valence-corrected chi connectivity index (χ1v) is 14.9. The van der Waals surface area contributed by atoms with Gasteiger partial charge in [-0.05, 0) is 39.0 Å². The van der Waals surface area contributed by atoms with E-state index in [-0.39, 0.29) is 44.1 Å². The second kappa shape index (κ2) is 21.4. The molecule has 0 aliphatic rings. The van der Waals surface area contributed by atoms with Gasteiger partial charge in [0.05, 0.1) is 30.9 Å². The van der Waals surface area contributed by atoms with Gasteiger partial charge in [0.15, 0.2) is 5.96 Å². The highest BCUT2D eigenvalue weighted by molar-refractivity contribution is 5.96. The van der Waals surface area contributed by atoms with Crippen molar-refractivity contribution in [2.75, 3.05) is 13.2 Å². The number of aliphatic hydroxyl groups is 3. The molecule has 0 spiro atoms. The Bertz CT molecular complexity index is 1110. The fraction of sp³-hybridized carbons (Fsp3) is 0.704. The highest BCUT2D eigenvalue weighted by atomic mass is 16.3. The van der Waals surface area contributed by atoms with E-state index in [4.69, 9.17) is 22.9 Å². The van der Waals surface area contributed by atoms with Crippen molar-refractivity contribution in [3.8, 4) is 0 Å². The summed E-state index contributed by atoms with van der Waals surface area (Å²) in [5.74, 6) is -6.02. The Kier molecular flexibility index (Phi) is 19.4. The molecule has 8 atom stereocenters. The second-order valence-electron chi connectivity index (χ2n) is 11.2. The monoisotopic (exact) mass is 674 g/mol. The number of carbonyl (C=O) groups excluding carboxylic acids is 7. The van der Waals surface area contributed by atoms with Crippen LogP contribution in [-0.2, 0) is 33.6 Å². The van der Waals surface area contributed by atoms with Crippen molar-refractivity contribution in [2.24, 2.45) is 33.8 Å². The van der Waals surface area contributed by atoms with Gasteiger partial charge in [-0.15, -0.1) is 0 Å². The highest BCUT2D eigenvalue weighted by Crippen LogP contribution is 2.06. The Morgan fingerprint density at radius 2 is 1.21 bits per heavy atom. The number of nitrogens with two attached hydrogens (primary N) is 4. The lowest BCUT2D eigenvalue weighted by Gasteiger charge is -2.29. The number of rotatable bonds is 22. The molecule has 0 radical (unpaired) electrons. The maximum atomic E-state index is 13.2. The van der Waals surface area contributed by atoms with Crippen molar-refractivity contribution in [3.05, 3.63) is 0 Å². The van der Waals surface area contributed by atoms with Crippen LogP contribution in [0, 0.1) is 5.92 Å². The molecule has 268 valence electrons. The SMILES string of the molecule is CC(C)[C@H](N)C(=O)N[C@@H](CCCN=C(N)N)C(=O)N[C@H](C(=O)N[C@H](C(=O)N[C@@H](CO)C(=O)N[C@H](C=O)CCC(N)=O)[C@@H](C)O)[C@@H](C)O. The standard InChI is InChI=1S/C27H50N10O10/c1-12(2)19(29)24(45)34-16(6-5-9-32-27(30)31)22(43)36-21(14(4)41)26(47)37-20(13(3)40)25(46)35-17(11-39)23(44)33-15(10-38)7-8-18(28)42/h10,12-17,19-21,39-41H,5-9,11,29H2,1-4H3,(H2,28,42)(H,33,44)(H,34,45)(H,35,46)(H,36,43)(H,37,47)(H4,30,31,32)/t13-,14-,15+,16+,17+,19+,20+,21+/m1/s1. The minimum Gasteiger partial charge on any atom is -0.394 e. The number of aldehydes is 1. The lowest BCUT2D eigenvalue weighted by molar-refractivity contribution is -0.138. The summed E-state index contributed by atoms with van der Waals surface area (Å²) in [6, 6.07) is -8.49. The molecule has 6 amide bonds. The first-order chi connectivity index (χ1) is 21.9. The van der Waals surface area contributed by atoms with E-state index in [1.807, 2.05) is 0 Å². The van der Waals surface area contributed by atoms with Gasteiger partial charge in [0.2, 0.25) is 35.4 Å². The lowest BCUT2D eigenvalue weighted by atomic mass is 10.0. The number of guanidine groups is 1. The van der Waals surface area contributed by atoms with Crippen LogP contribution in [0.1, 0.15) is 53.4 Å². The molecule has 20 nitrogen and oxygen atoms in total. The first kappa shape index (κ1) is 42.6. The number of primary amides is 1. The van der Waals surface area contributed by atoms with E-state index >= 15 is 0 Å². The summed E-state index contributed by atoms with van der Waals surface area (Å²) in [4.78, 5) is 90.6. The number of nitrogens with zero attached hydrogens (tertiary/aromatic N) is 1. The van der Waals surface area contributed by atoms with E-state index in [0.717, 1.165) is 13.8 Å². The first-order valence-electron chi connectivity index (χ1n) is 14.9. The molecular formula is C27H50N10O10. The largest absolute Gasteiger partial charge is 0.394 e. The molecule has 0 unspecified atom stereocenters. The topological polar surface area (TPSA) is 357 Å². The maximum Gasteiger partial charge on any atom is 0.245 e. The van der Waals surface area contributed by atoms with Gasteiger partial charge in [0.1, 0.15) is 30.5 Å². The van der Waals surface area contributed by atoms with Crippen LogP contribution >= 0.6 is 0 Å². The average molecular weight is 675 g/mol.